The SMILES string of the molecule is CCCS(=O)(=O)NCC(O)C(C)C. The van der Waals surface area contributed by atoms with Crippen LogP contribution >= 0.6 is 0 Å². The Labute approximate surface area is 80.4 Å². The van der Waals surface area contributed by atoms with Crippen LogP contribution in [0.15, 0.2) is 0 Å². The second-order valence-corrected chi connectivity index (χ2v) is 5.41. The highest BCUT2D eigenvalue weighted by molar-refractivity contribution is 7.89. The van der Waals surface area contributed by atoms with Gasteiger partial charge in [-0.25, -0.2) is 13.1 Å². The highest BCUT2D eigenvalue weighted by atomic mass is 32.2. The van der Waals surface area contributed by atoms with Gasteiger partial charge in [0.2, 0.25) is 10.0 Å². The van der Waals surface area contributed by atoms with Gasteiger partial charge in [0.1, 0.15) is 0 Å². The Hall–Kier alpha value is -0.130. The van der Waals surface area contributed by atoms with Crippen LogP contribution in [0, 0.1) is 5.92 Å². The van der Waals surface area contributed by atoms with Crippen LogP contribution in [0.25, 0.3) is 0 Å². The molecule has 0 saturated heterocycles. The van der Waals surface area contributed by atoms with Gasteiger partial charge in [-0.3, -0.25) is 0 Å². The molecule has 0 aliphatic carbocycles. The number of hydrogen-bond donors (Lipinski definition) is 2. The van der Waals surface area contributed by atoms with Crippen molar-refractivity contribution in [3.05, 3.63) is 0 Å². The minimum absolute atomic E-state index is 0.0735. The predicted octanol–water partition coefficient (Wildman–Crippen LogP) is 0.333. The zero-order chi connectivity index (χ0) is 10.5. The van der Waals surface area contributed by atoms with Gasteiger partial charge in [0.05, 0.1) is 11.9 Å². The van der Waals surface area contributed by atoms with Crippen molar-refractivity contribution in [1.29, 1.82) is 0 Å². The van der Waals surface area contributed by atoms with Gasteiger partial charge in [0.25, 0.3) is 0 Å². The molecule has 0 amide bonds. The lowest BCUT2D eigenvalue weighted by Crippen LogP contribution is -2.35. The van der Waals surface area contributed by atoms with Gasteiger partial charge in [0, 0.05) is 6.54 Å². The molecule has 1 atom stereocenters. The number of hydrogen-bond acceptors (Lipinski definition) is 3. The zero-order valence-corrected chi connectivity index (χ0v) is 9.26. The molecule has 0 aliphatic rings. The fourth-order valence-corrected chi connectivity index (χ4v) is 1.90. The molecule has 0 aromatic carbocycles. The molecule has 0 aromatic rings. The molecular formula is C8H19NO3S. The van der Waals surface area contributed by atoms with Crippen molar-refractivity contribution in [2.45, 2.75) is 33.3 Å². The number of aliphatic hydroxyl groups excluding tert-OH is 1. The first-order valence-electron chi connectivity index (χ1n) is 4.54. The predicted molar refractivity (Wildman–Crippen MR) is 52.9 cm³/mol. The average Bonchev–Trinajstić information content (AvgIpc) is 2.00. The van der Waals surface area contributed by atoms with E-state index in [-0.39, 0.29) is 18.2 Å². The van der Waals surface area contributed by atoms with Gasteiger partial charge < -0.3 is 5.11 Å². The number of rotatable bonds is 6. The molecule has 1 unspecified atom stereocenters. The summed E-state index contributed by atoms with van der Waals surface area (Å²) in [5.74, 6) is 0.196. The van der Waals surface area contributed by atoms with Crippen LogP contribution in [-0.4, -0.2) is 31.9 Å². The third-order valence-corrected chi connectivity index (χ3v) is 3.31. The summed E-state index contributed by atoms with van der Waals surface area (Å²) in [5.41, 5.74) is 0. The van der Waals surface area contributed by atoms with Crippen LogP contribution < -0.4 is 4.72 Å². The highest BCUT2D eigenvalue weighted by Crippen LogP contribution is 2.00. The van der Waals surface area contributed by atoms with Crippen molar-refractivity contribution < 1.29 is 13.5 Å². The van der Waals surface area contributed by atoms with Gasteiger partial charge in [-0.15, -0.1) is 0 Å². The molecule has 4 nitrogen and oxygen atoms in total. The van der Waals surface area contributed by atoms with Crippen LogP contribution in [0.4, 0.5) is 0 Å². The van der Waals surface area contributed by atoms with Gasteiger partial charge in [-0.1, -0.05) is 20.8 Å². The zero-order valence-electron chi connectivity index (χ0n) is 8.45. The lowest BCUT2D eigenvalue weighted by molar-refractivity contribution is 0.129. The quantitative estimate of drug-likeness (QED) is 0.662. The van der Waals surface area contributed by atoms with E-state index in [4.69, 9.17) is 0 Å². The largest absolute Gasteiger partial charge is 0.391 e. The molecule has 13 heavy (non-hydrogen) atoms. The Morgan fingerprint density at radius 2 is 1.92 bits per heavy atom. The first-order valence-corrected chi connectivity index (χ1v) is 6.19. The van der Waals surface area contributed by atoms with Crippen molar-refractivity contribution in [2.75, 3.05) is 12.3 Å². The lowest BCUT2D eigenvalue weighted by atomic mass is 10.1. The standard InChI is InChI=1S/C8H19NO3S/c1-4-5-13(11,12)9-6-8(10)7(2)3/h7-10H,4-6H2,1-3H3. The summed E-state index contributed by atoms with van der Waals surface area (Å²) in [5, 5.41) is 9.33. The average molecular weight is 209 g/mol. The Morgan fingerprint density at radius 1 is 1.38 bits per heavy atom. The highest BCUT2D eigenvalue weighted by Gasteiger charge is 2.13. The molecule has 0 rings (SSSR count). The maximum absolute atomic E-state index is 11.1. The van der Waals surface area contributed by atoms with E-state index in [2.05, 4.69) is 4.72 Å². The van der Waals surface area contributed by atoms with E-state index < -0.39 is 16.1 Å². The van der Waals surface area contributed by atoms with E-state index in [1.165, 1.54) is 0 Å². The Balaban J connectivity index is 3.88. The fourth-order valence-electron chi connectivity index (χ4n) is 0.789. The molecule has 0 aromatic heterocycles. The molecule has 5 heteroatoms. The molecule has 80 valence electrons. The molecule has 0 aliphatic heterocycles. The normalized spacial score (nSPS) is 14.8. The lowest BCUT2D eigenvalue weighted by Gasteiger charge is -2.14. The topological polar surface area (TPSA) is 66.4 Å². The van der Waals surface area contributed by atoms with Crippen molar-refractivity contribution >= 4 is 10.0 Å². The first-order chi connectivity index (χ1) is 5.89. The number of sulfonamides is 1. The van der Waals surface area contributed by atoms with Crippen LogP contribution in [0.2, 0.25) is 0 Å². The smallest absolute Gasteiger partial charge is 0.211 e. The van der Waals surface area contributed by atoms with Gasteiger partial charge in [0.15, 0.2) is 0 Å². The minimum Gasteiger partial charge on any atom is -0.391 e. The van der Waals surface area contributed by atoms with E-state index in [1.54, 1.807) is 6.92 Å². The summed E-state index contributed by atoms with van der Waals surface area (Å²) in [6.07, 6.45) is -0.0146. The van der Waals surface area contributed by atoms with Crippen molar-refractivity contribution in [1.82, 2.24) is 4.72 Å². The Morgan fingerprint density at radius 3 is 2.31 bits per heavy atom. The third-order valence-electron chi connectivity index (χ3n) is 1.75. The van der Waals surface area contributed by atoms with E-state index in [9.17, 15) is 13.5 Å². The molecular weight excluding hydrogens is 190 g/mol. The maximum Gasteiger partial charge on any atom is 0.211 e. The van der Waals surface area contributed by atoms with Crippen molar-refractivity contribution in [2.24, 2.45) is 5.92 Å². The first kappa shape index (κ1) is 12.9. The summed E-state index contributed by atoms with van der Waals surface area (Å²) in [4.78, 5) is 0. The van der Waals surface area contributed by atoms with Gasteiger partial charge >= 0.3 is 0 Å². The maximum atomic E-state index is 11.1. The Bertz CT molecular complexity index is 224. The van der Waals surface area contributed by atoms with Crippen LogP contribution in [-0.2, 0) is 10.0 Å². The molecule has 0 radical (unpaired) electrons. The Kier molecular flexibility index (Phi) is 5.51. The fraction of sp³-hybridized carbons (Fsp3) is 1.00. The summed E-state index contributed by atoms with van der Waals surface area (Å²) in [6, 6.07) is 0. The van der Waals surface area contributed by atoms with E-state index >= 15 is 0 Å². The van der Waals surface area contributed by atoms with Crippen LogP contribution in [0.5, 0.6) is 0 Å². The third kappa shape index (κ3) is 6.01. The monoisotopic (exact) mass is 209 g/mol. The van der Waals surface area contributed by atoms with E-state index in [0.717, 1.165) is 0 Å². The second-order valence-electron chi connectivity index (χ2n) is 3.48. The van der Waals surface area contributed by atoms with Gasteiger partial charge in [-0.05, 0) is 12.3 Å². The van der Waals surface area contributed by atoms with E-state index in [0.29, 0.717) is 6.42 Å². The number of aliphatic hydroxyl groups is 1. The molecule has 0 bridgehead atoms. The molecule has 2 N–H and O–H groups in total. The van der Waals surface area contributed by atoms with Crippen LogP contribution in [0.1, 0.15) is 27.2 Å². The van der Waals surface area contributed by atoms with E-state index in [1.807, 2.05) is 13.8 Å². The van der Waals surface area contributed by atoms with Crippen molar-refractivity contribution in [3.8, 4) is 0 Å². The molecule has 0 heterocycles. The van der Waals surface area contributed by atoms with Crippen molar-refractivity contribution in [3.63, 3.8) is 0 Å². The summed E-state index contributed by atoms with van der Waals surface area (Å²) < 4.78 is 24.6. The summed E-state index contributed by atoms with van der Waals surface area (Å²) in [6.45, 7) is 5.61. The molecule has 0 fully saturated rings. The minimum atomic E-state index is -3.17. The number of nitrogens with one attached hydrogen (secondary N) is 1. The molecule has 0 spiro atoms. The summed E-state index contributed by atoms with van der Waals surface area (Å²) in [7, 11) is -3.17. The second kappa shape index (κ2) is 5.57. The summed E-state index contributed by atoms with van der Waals surface area (Å²) >= 11 is 0. The van der Waals surface area contributed by atoms with Gasteiger partial charge in [-0.2, -0.15) is 0 Å². The molecule has 0 saturated carbocycles. The van der Waals surface area contributed by atoms with Crippen LogP contribution in [0.3, 0.4) is 0 Å².